The Bertz CT molecular complexity index is 505. The van der Waals surface area contributed by atoms with Gasteiger partial charge in [0, 0.05) is 13.1 Å². The van der Waals surface area contributed by atoms with Gasteiger partial charge in [-0.05, 0) is 0 Å². The third kappa shape index (κ3) is 2.85. The predicted molar refractivity (Wildman–Crippen MR) is 58.5 cm³/mol. The van der Waals surface area contributed by atoms with E-state index < -0.39 is 39.8 Å². The van der Waals surface area contributed by atoms with Crippen LogP contribution in [0, 0.1) is 0 Å². The van der Waals surface area contributed by atoms with Crippen molar-refractivity contribution in [1.29, 1.82) is 0 Å². The van der Waals surface area contributed by atoms with E-state index in [1.165, 1.54) is 0 Å². The second-order valence-electron chi connectivity index (χ2n) is 3.27. The molecular weight excluding hydrogens is 266 g/mol. The first-order valence-corrected chi connectivity index (χ1v) is 6.37. The number of rotatable bonds is 7. The summed E-state index contributed by atoms with van der Waals surface area (Å²) in [6.45, 7) is -1.40. The van der Waals surface area contributed by atoms with Crippen molar-refractivity contribution in [2.45, 2.75) is 5.03 Å². The van der Waals surface area contributed by atoms with Gasteiger partial charge in [-0.2, -0.15) is 9.40 Å². The van der Waals surface area contributed by atoms with E-state index in [2.05, 4.69) is 10.2 Å². The van der Waals surface area contributed by atoms with Crippen molar-refractivity contribution in [2.24, 2.45) is 0 Å². The van der Waals surface area contributed by atoms with E-state index in [1.807, 2.05) is 0 Å². The smallest absolute Gasteiger partial charge is 0.340 e. The van der Waals surface area contributed by atoms with Crippen molar-refractivity contribution in [3.05, 3.63) is 11.8 Å². The number of aromatic nitrogens is 2. The highest BCUT2D eigenvalue weighted by atomic mass is 32.2. The largest absolute Gasteiger partial charge is 0.478 e. The molecule has 0 amide bonds. The summed E-state index contributed by atoms with van der Waals surface area (Å²) >= 11 is 0. The molecule has 10 heteroatoms. The van der Waals surface area contributed by atoms with E-state index in [0.717, 1.165) is 10.5 Å². The maximum absolute atomic E-state index is 12.1. The topological polar surface area (TPSA) is 144 Å². The Labute approximate surface area is 103 Å². The lowest BCUT2D eigenvalue weighted by molar-refractivity contribution is 0.0692. The maximum Gasteiger partial charge on any atom is 0.340 e. The summed E-state index contributed by atoms with van der Waals surface area (Å²) in [5, 5.41) is 31.3. The van der Waals surface area contributed by atoms with Gasteiger partial charge in [0.1, 0.15) is 5.56 Å². The molecule has 0 aliphatic rings. The first-order chi connectivity index (χ1) is 8.45. The molecule has 0 radical (unpaired) electrons. The molecule has 0 spiro atoms. The van der Waals surface area contributed by atoms with Crippen molar-refractivity contribution in [3.8, 4) is 0 Å². The third-order valence-corrected chi connectivity index (χ3v) is 4.00. The highest BCUT2D eigenvalue weighted by Crippen LogP contribution is 2.17. The number of hydrogen-bond acceptors (Lipinski definition) is 6. The van der Waals surface area contributed by atoms with Crippen LogP contribution >= 0.6 is 0 Å². The Hall–Kier alpha value is -1.49. The molecule has 0 aliphatic heterocycles. The van der Waals surface area contributed by atoms with Crippen LogP contribution < -0.4 is 0 Å². The minimum Gasteiger partial charge on any atom is -0.478 e. The van der Waals surface area contributed by atoms with E-state index in [-0.39, 0.29) is 13.1 Å². The molecule has 4 N–H and O–H groups in total. The summed E-state index contributed by atoms with van der Waals surface area (Å²) in [5.74, 6) is -1.43. The molecule has 1 rings (SSSR count). The molecule has 0 saturated heterocycles. The molecule has 0 atom stereocenters. The number of aromatic carboxylic acids is 1. The van der Waals surface area contributed by atoms with Crippen LogP contribution in [0.25, 0.3) is 0 Å². The normalized spacial score (nSPS) is 11.9. The Morgan fingerprint density at radius 1 is 1.33 bits per heavy atom. The van der Waals surface area contributed by atoms with Crippen LogP contribution in [0.1, 0.15) is 10.4 Å². The number of carbonyl (C=O) groups is 1. The number of sulfonamides is 1. The van der Waals surface area contributed by atoms with Crippen molar-refractivity contribution in [3.63, 3.8) is 0 Å². The van der Waals surface area contributed by atoms with Gasteiger partial charge in [-0.1, -0.05) is 0 Å². The minimum absolute atomic E-state index is 0.249. The van der Waals surface area contributed by atoms with Gasteiger partial charge < -0.3 is 15.3 Å². The predicted octanol–water partition coefficient (Wildman–Crippen LogP) is -1.92. The summed E-state index contributed by atoms with van der Waals surface area (Å²) in [5.41, 5.74) is -0.490. The summed E-state index contributed by atoms with van der Waals surface area (Å²) in [7, 11) is -4.14. The number of carboxylic acids is 1. The standard InChI is InChI=1S/C8H13N3O6S/c12-3-1-11(2-4-13)18(16,17)7-6(8(14)15)5-9-10-7/h5,12-13H,1-4H2,(H,9,10)(H,14,15). The number of H-pyrrole nitrogens is 1. The van der Waals surface area contributed by atoms with Gasteiger partial charge in [-0.25, -0.2) is 13.2 Å². The van der Waals surface area contributed by atoms with Gasteiger partial charge >= 0.3 is 5.97 Å². The quantitative estimate of drug-likeness (QED) is 0.455. The molecule has 102 valence electrons. The molecule has 0 aromatic carbocycles. The fraction of sp³-hybridized carbons (Fsp3) is 0.500. The molecule has 0 aliphatic carbocycles. The number of carboxylic acid groups (broad SMARTS) is 1. The van der Waals surface area contributed by atoms with E-state index >= 15 is 0 Å². The number of hydrogen-bond donors (Lipinski definition) is 4. The molecule has 1 aromatic heterocycles. The molecule has 0 unspecified atom stereocenters. The molecule has 0 bridgehead atoms. The van der Waals surface area contributed by atoms with Crippen LogP contribution in [-0.2, 0) is 10.0 Å². The first-order valence-electron chi connectivity index (χ1n) is 4.93. The Kier molecular flexibility index (Phi) is 4.78. The first kappa shape index (κ1) is 14.6. The summed E-state index contributed by atoms with van der Waals surface area (Å²) in [6, 6.07) is 0. The number of nitrogens with zero attached hydrogens (tertiary/aromatic N) is 2. The zero-order valence-electron chi connectivity index (χ0n) is 9.27. The second kappa shape index (κ2) is 5.91. The SMILES string of the molecule is O=C(O)c1cn[nH]c1S(=O)(=O)N(CCO)CCO. The average molecular weight is 279 g/mol. The summed E-state index contributed by atoms with van der Waals surface area (Å²) in [4.78, 5) is 10.8. The van der Waals surface area contributed by atoms with Gasteiger partial charge in [-0.15, -0.1) is 0 Å². The Balaban J connectivity index is 3.18. The summed E-state index contributed by atoms with van der Waals surface area (Å²) in [6.07, 6.45) is 0.880. The van der Waals surface area contributed by atoms with Crippen LogP contribution in [0.2, 0.25) is 0 Å². The van der Waals surface area contributed by atoms with E-state index in [4.69, 9.17) is 15.3 Å². The van der Waals surface area contributed by atoms with Gasteiger partial charge in [0.15, 0.2) is 5.03 Å². The van der Waals surface area contributed by atoms with Gasteiger partial charge in [-0.3, -0.25) is 5.10 Å². The lowest BCUT2D eigenvalue weighted by Gasteiger charge is -2.19. The second-order valence-corrected chi connectivity index (χ2v) is 5.14. The van der Waals surface area contributed by atoms with Crippen molar-refractivity contribution >= 4 is 16.0 Å². The number of aliphatic hydroxyl groups is 2. The molecule has 9 nitrogen and oxygen atoms in total. The van der Waals surface area contributed by atoms with Crippen LogP contribution in [0.4, 0.5) is 0 Å². The van der Waals surface area contributed by atoms with Gasteiger partial charge in [0.05, 0.1) is 19.4 Å². The van der Waals surface area contributed by atoms with Crippen molar-refractivity contribution < 1.29 is 28.5 Å². The zero-order valence-corrected chi connectivity index (χ0v) is 10.1. The van der Waals surface area contributed by atoms with E-state index in [9.17, 15) is 13.2 Å². The van der Waals surface area contributed by atoms with E-state index in [0.29, 0.717) is 0 Å². The van der Waals surface area contributed by atoms with Crippen molar-refractivity contribution in [1.82, 2.24) is 14.5 Å². The van der Waals surface area contributed by atoms with Gasteiger partial charge in [0.2, 0.25) is 0 Å². The number of aromatic amines is 1. The lowest BCUT2D eigenvalue weighted by atomic mass is 10.4. The summed E-state index contributed by atoms with van der Waals surface area (Å²) < 4.78 is 24.9. The molecule has 18 heavy (non-hydrogen) atoms. The highest BCUT2D eigenvalue weighted by molar-refractivity contribution is 7.89. The number of aliphatic hydroxyl groups excluding tert-OH is 2. The number of nitrogens with one attached hydrogen (secondary N) is 1. The highest BCUT2D eigenvalue weighted by Gasteiger charge is 2.30. The molecular formula is C8H13N3O6S. The molecule has 1 aromatic rings. The van der Waals surface area contributed by atoms with Crippen LogP contribution in [-0.4, -0.2) is 70.5 Å². The van der Waals surface area contributed by atoms with Crippen LogP contribution in [0.3, 0.4) is 0 Å². The molecule has 1 heterocycles. The molecule has 0 fully saturated rings. The lowest BCUT2D eigenvalue weighted by Crippen LogP contribution is -2.36. The van der Waals surface area contributed by atoms with Crippen LogP contribution in [0.15, 0.2) is 11.2 Å². The fourth-order valence-corrected chi connectivity index (χ4v) is 2.82. The van der Waals surface area contributed by atoms with Crippen LogP contribution in [0.5, 0.6) is 0 Å². The Morgan fingerprint density at radius 3 is 2.33 bits per heavy atom. The van der Waals surface area contributed by atoms with Crippen molar-refractivity contribution in [2.75, 3.05) is 26.3 Å². The minimum atomic E-state index is -4.14. The maximum atomic E-state index is 12.1. The third-order valence-electron chi connectivity index (χ3n) is 2.13. The zero-order chi connectivity index (χ0) is 13.8. The Morgan fingerprint density at radius 2 is 1.89 bits per heavy atom. The fourth-order valence-electron chi connectivity index (χ4n) is 1.33. The average Bonchev–Trinajstić information content (AvgIpc) is 2.78. The monoisotopic (exact) mass is 279 g/mol. The molecule has 0 saturated carbocycles. The van der Waals surface area contributed by atoms with E-state index in [1.54, 1.807) is 0 Å². The van der Waals surface area contributed by atoms with Gasteiger partial charge in [0.25, 0.3) is 10.0 Å².